The van der Waals surface area contributed by atoms with E-state index < -0.39 is 9.84 Å². The number of hydrogen-bond acceptors (Lipinski definition) is 6. The van der Waals surface area contributed by atoms with Crippen molar-refractivity contribution in [1.82, 2.24) is 9.80 Å². The summed E-state index contributed by atoms with van der Waals surface area (Å²) in [5, 5.41) is 0. The van der Waals surface area contributed by atoms with Gasteiger partial charge in [-0.3, -0.25) is 9.69 Å². The van der Waals surface area contributed by atoms with Crippen molar-refractivity contribution in [2.75, 3.05) is 56.2 Å². The number of amides is 1. The van der Waals surface area contributed by atoms with Crippen molar-refractivity contribution < 1.29 is 17.9 Å². The highest BCUT2D eigenvalue weighted by atomic mass is 32.2. The molecule has 28 heavy (non-hydrogen) atoms. The van der Waals surface area contributed by atoms with Gasteiger partial charge in [0.05, 0.1) is 30.3 Å². The first-order valence-corrected chi connectivity index (χ1v) is 11.8. The number of para-hydroxylation sites is 2. The molecule has 2 heterocycles. The zero-order valence-corrected chi connectivity index (χ0v) is 17.8. The smallest absolute Gasteiger partial charge is 0.239 e. The van der Waals surface area contributed by atoms with E-state index in [2.05, 4.69) is 15.9 Å². The summed E-state index contributed by atoms with van der Waals surface area (Å²) in [6.07, 6.45) is 0.552. The van der Waals surface area contributed by atoms with Crippen molar-refractivity contribution in [3.63, 3.8) is 0 Å². The minimum atomic E-state index is -3.01. The van der Waals surface area contributed by atoms with Crippen molar-refractivity contribution in [3.8, 4) is 5.75 Å². The molecule has 1 aromatic carbocycles. The number of likely N-dealkylation sites (N-methyl/N-ethyl adjacent to an activating group) is 1. The van der Waals surface area contributed by atoms with Crippen LogP contribution in [0.2, 0.25) is 0 Å². The molecule has 7 nitrogen and oxygen atoms in total. The SMILES string of the molecule is CCN(C(=O)[C@H](C)N1CCN(c2ccccc2OC)CC1)[C@@H]1CCS(=O)(=O)C1. The van der Waals surface area contributed by atoms with Gasteiger partial charge in [-0.25, -0.2) is 8.42 Å². The molecule has 2 saturated heterocycles. The van der Waals surface area contributed by atoms with Crippen LogP contribution in [0.25, 0.3) is 0 Å². The second-order valence-electron chi connectivity index (χ2n) is 7.55. The van der Waals surface area contributed by atoms with E-state index in [1.54, 1.807) is 12.0 Å². The molecule has 0 N–H and O–H groups in total. The van der Waals surface area contributed by atoms with Crippen molar-refractivity contribution in [3.05, 3.63) is 24.3 Å². The van der Waals surface area contributed by atoms with Crippen LogP contribution < -0.4 is 9.64 Å². The van der Waals surface area contributed by atoms with E-state index >= 15 is 0 Å². The van der Waals surface area contributed by atoms with Gasteiger partial charge < -0.3 is 14.5 Å². The van der Waals surface area contributed by atoms with Gasteiger partial charge in [-0.05, 0) is 32.4 Å². The summed E-state index contributed by atoms with van der Waals surface area (Å²) < 4.78 is 29.1. The fourth-order valence-corrected chi connectivity index (χ4v) is 5.98. The second-order valence-corrected chi connectivity index (χ2v) is 9.78. The van der Waals surface area contributed by atoms with Gasteiger partial charge in [0.25, 0.3) is 0 Å². The number of carbonyl (C=O) groups excluding carboxylic acids is 1. The number of anilines is 1. The topological polar surface area (TPSA) is 70.2 Å². The quantitative estimate of drug-likeness (QED) is 0.704. The maximum atomic E-state index is 13.1. The Kier molecular flexibility index (Phi) is 6.50. The molecule has 2 aliphatic heterocycles. The molecule has 2 fully saturated rings. The molecular weight excluding hydrogens is 378 g/mol. The Hall–Kier alpha value is -1.80. The van der Waals surface area contributed by atoms with Crippen LogP contribution in [0.15, 0.2) is 24.3 Å². The third-order valence-corrected chi connectivity index (χ3v) is 7.67. The summed E-state index contributed by atoms with van der Waals surface area (Å²) >= 11 is 0. The van der Waals surface area contributed by atoms with Crippen LogP contribution in [-0.2, 0) is 14.6 Å². The van der Waals surface area contributed by atoms with Crippen LogP contribution in [0.3, 0.4) is 0 Å². The lowest BCUT2D eigenvalue weighted by Gasteiger charge is -2.40. The predicted octanol–water partition coefficient (Wildman–Crippen LogP) is 1.24. The summed E-state index contributed by atoms with van der Waals surface area (Å²) in [5.74, 6) is 1.18. The van der Waals surface area contributed by atoms with Crippen LogP contribution in [0, 0.1) is 0 Å². The van der Waals surface area contributed by atoms with Crippen LogP contribution >= 0.6 is 0 Å². The zero-order valence-electron chi connectivity index (χ0n) is 17.0. The van der Waals surface area contributed by atoms with Crippen molar-refractivity contribution in [1.29, 1.82) is 0 Å². The zero-order chi connectivity index (χ0) is 20.3. The number of ether oxygens (including phenoxy) is 1. The Bertz CT molecular complexity index is 790. The minimum absolute atomic E-state index is 0.0374. The van der Waals surface area contributed by atoms with Crippen LogP contribution in [0.1, 0.15) is 20.3 Å². The Balaban J connectivity index is 1.61. The molecule has 2 aliphatic rings. The first-order chi connectivity index (χ1) is 13.4. The number of nitrogens with zero attached hydrogens (tertiary/aromatic N) is 3. The monoisotopic (exact) mass is 409 g/mol. The number of benzene rings is 1. The molecule has 0 unspecified atom stereocenters. The standard InChI is InChI=1S/C20H31N3O4S/c1-4-23(17-9-14-28(25,26)15-17)20(24)16(2)21-10-12-22(13-11-21)18-7-5-6-8-19(18)27-3/h5-8,16-17H,4,9-15H2,1-3H3/t16-,17+/m0/s1. The van der Waals surface area contributed by atoms with Gasteiger partial charge in [0.1, 0.15) is 5.75 Å². The van der Waals surface area contributed by atoms with Crippen LogP contribution in [-0.4, -0.2) is 87.5 Å². The lowest BCUT2D eigenvalue weighted by atomic mass is 10.1. The van der Waals surface area contributed by atoms with Gasteiger partial charge in [0.15, 0.2) is 9.84 Å². The summed E-state index contributed by atoms with van der Waals surface area (Å²) in [4.78, 5) is 19.3. The number of piperazine rings is 1. The maximum absolute atomic E-state index is 13.1. The molecule has 2 atom stereocenters. The normalized spacial score (nSPS) is 23.4. The van der Waals surface area contributed by atoms with Crippen molar-refractivity contribution in [2.45, 2.75) is 32.4 Å². The number of hydrogen-bond donors (Lipinski definition) is 0. The predicted molar refractivity (Wildman–Crippen MR) is 111 cm³/mol. The van der Waals surface area contributed by atoms with E-state index in [4.69, 9.17) is 4.74 Å². The first kappa shape index (κ1) is 20.9. The third-order valence-electron chi connectivity index (χ3n) is 5.92. The van der Waals surface area contributed by atoms with Gasteiger partial charge in [-0.2, -0.15) is 0 Å². The second kappa shape index (κ2) is 8.69. The maximum Gasteiger partial charge on any atom is 0.239 e. The first-order valence-electron chi connectivity index (χ1n) is 9.99. The molecule has 0 radical (unpaired) electrons. The Morgan fingerprint density at radius 3 is 2.50 bits per heavy atom. The fraction of sp³-hybridized carbons (Fsp3) is 0.650. The van der Waals surface area contributed by atoms with Crippen molar-refractivity contribution >= 4 is 21.4 Å². The van der Waals surface area contributed by atoms with Gasteiger partial charge in [0.2, 0.25) is 5.91 Å². The van der Waals surface area contributed by atoms with E-state index in [0.29, 0.717) is 13.0 Å². The average molecular weight is 410 g/mol. The fourth-order valence-electron chi connectivity index (χ4n) is 4.25. The van der Waals surface area contributed by atoms with E-state index in [0.717, 1.165) is 37.6 Å². The minimum Gasteiger partial charge on any atom is -0.495 e. The molecule has 0 aliphatic carbocycles. The summed E-state index contributed by atoms with van der Waals surface area (Å²) in [6.45, 7) is 7.62. The number of rotatable bonds is 6. The van der Waals surface area contributed by atoms with E-state index in [-0.39, 0.29) is 29.5 Å². The average Bonchev–Trinajstić information content (AvgIpc) is 3.07. The molecule has 0 bridgehead atoms. The molecule has 156 valence electrons. The number of methoxy groups -OCH3 is 1. The Morgan fingerprint density at radius 1 is 1.25 bits per heavy atom. The van der Waals surface area contributed by atoms with Crippen molar-refractivity contribution in [2.24, 2.45) is 0 Å². The molecule has 1 amide bonds. The van der Waals surface area contributed by atoms with E-state index in [1.165, 1.54) is 0 Å². The third kappa shape index (κ3) is 4.43. The van der Waals surface area contributed by atoms with E-state index in [9.17, 15) is 13.2 Å². The molecule has 1 aromatic rings. The number of sulfone groups is 1. The highest BCUT2D eigenvalue weighted by Crippen LogP contribution is 2.29. The lowest BCUT2D eigenvalue weighted by Crippen LogP contribution is -2.56. The van der Waals surface area contributed by atoms with Gasteiger partial charge in [-0.1, -0.05) is 12.1 Å². The van der Waals surface area contributed by atoms with Crippen LogP contribution in [0.5, 0.6) is 5.75 Å². The molecule has 3 rings (SSSR count). The Labute approximate surface area is 168 Å². The number of carbonyl (C=O) groups is 1. The summed E-state index contributed by atoms with van der Waals surface area (Å²) in [7, 11) is -1.33. The van der Waals surface area contributed by atoms with Gasteiger partial charge in [0, 0.05) is 38.8 Å². The highest BCUT2D eigenvalue weighted by molar-refractivity contribution is 7.91. The molecule has 0 aromatic heterocycles. The molecule has 8 heteroatoms. The lowest BCUT2D eigenvalue weighted by molar-refractivity contribution is -0.138. The molecule has 0 saturated carbocycles. The Morgan fingerprint density at radius 2 is 1.93 bits per heavy atom. The summed E-state index contributed by atoms with van der Waals surface area (Å²) in [5.41, 5.74) is 1.08. The summed E-state index contributed by atoms with van der Waals surface area (Å²) in [6, 6.07) is 7.56. The highest BCUT2D eigenvalue weighted by Gasteiger charge is 2.37. The molecular formula is C20H31N3O4S. The molecule has 0 spiro atoms. The van der Waals surface area contributed by atoms with Crippen LogP contribution in [0.4, 0.5) is 5.69 Å². The largest absolute Gasteiger partial charge is 0.495 e. The van der Waals surface area contributed by atoms with Gasteiger partial charge in [-0.15, -0.1) is 0 Å². The van der Waals surface area contributed by atoms with E-state index in [1.807, 2.05) is 32.0 Å². The van der Waals surface area contributed by atoms with Gasteiger partial charge >= 0.3 is 0 Å².